The van der Waals surface area contributed by atoms with Crippen LogP contribution >= 0.6 is 0 Å². The summed E-state index contributed by atoms with van der Waals surface area (Å²) in [6, 6.07) is 17.3. The van der Waals surface area contributed by atoms with Crippen molar-refractivity contribution in [1.29, 1.82) is 0 Å². The van der Waals surface area contributed by atoms with Crippen LogP contribution in [0.25, 0.3) is 0 Å². The molecule has 1 aliphatic heterocycles. The van der Waals surface area contributed by atoms with Crippen LogP contribution in [0, 0.1) is 10.1 Å². The van der Waals surface area contributed by atoms with Gasteiger partial charge in [0.15, 0.2) is 6.04 Å². The zero-order valence-corrected chi connectivity index (χ0v) is 17.8. The summed E-state index contributed by atoms with van der Waals surface area (Å²) in [5, 5.41) is 11.0. The Labute approximate surface area is 184 Å². The first-order valence-electron chi connectivity index (χ1n) is 9.77. The second kappa shape index (κ2) is 8.35. The fourth-order valence-electron chi connectivity index (χ4n) is 3.59. The molecule has 1 unspecified atom stereocenters. The molecule has 0 saturated heterocycles. The largest absolute Gasteiger partial charge is 0.464 e. The van der Waals surface area contributed by atoms with E-state index in [4.69, 9.17) is 4.74 Å². The van der Waals surface area contributed by atoms with Crippen LogP contribution < -0.4 is 0 Å². The molecule has 0 aromatic heterocycles. The highest BCUT2D eigenvalue weighted by Gasteiger charge is 2.34. The maximum atomic E-state index is 13.1. The summed E-state index contributed by atoms with van der Waals surface area (Å²) in [5.41, 5.74) is 1.36. The van der Waals surface area contributed by atoms with Gasteiger partial charge in [-0.1, -0.05) is 36.4 Å². The molecule has 0 aliphatic carbocycles. The molecule has 0 radical (unpaired) electrons. The number of benzene rings is 3. The molecule has 1 atom stereocenters. The SMILES string of the molecule is CCOC(=O)C(N=C1c2ccccc2S(=O)(=O)c2ccccc21)c1ccc([N+](=O)[O-])cc1. The first-order valence-corrected chi connectivity index (χ1v) is 11.3. The zero-order chi connectivity index (χ0) is 22.9. The van der Waals surface area contributed by atoms with Crippen LogP contribution in [0.15, 0.2) is 87.6 Å². The van der Waals surface area contributed by atoms with E-state index < -0.39 is 26.8 Å². The van der Waals surface area contributed by atoms with Gasteiger partial charge in [-0.3, -0.25) is 15.1 Å². The Bertz CT molecular complexity index is 1290. The number of fused-ring (bicyclic) bond motifs is 2. The van der Waals surface area contributed by atoms with Crippen LogP contribution in [0.5, 0.6) is 0 Å². The Kier molecular flexibility index (Phi) is 5.58. The molecule has 1 aliphatic rings. The van der Waals surface area contributed by atoms with Crippen LogP contribution in [0.1, 0.15) is 29.7 Å². The predicted molar refractivity (Wildman–Crippen MR) is 116 cm³/mol. The third-order valence-electron chi connectivity index (χ3n) is 5.05. The molecule has 0 spiro atoms. The quantitative estimate of drug-likeness (QED) is 0.259. The summed E-state index contributed by atoms with van der Waals surface area (Å²) in [4.78, 5) is 28.1. The van der Waals surface area contributed by atoms with E-state index in [1.807, 2.05) is 0 Å². The number of sulfone groups is 1. The van der Waals surface area contributed by atoms with E-state index in [1.54, 1.807) is 43.3 Å². The number of esters is 1. The van der Waals surface area contributed by atoms with Gasteiger partial charge in [-0.15, -0.1) is 0 Å². The number of hydrogen-bond acceptors (Lipinski definition) is 7. The molecular weight excluding hydrogens is 432 g/mol. The first kappa shape index (κ1) is 21.4. The van der Waals surface area contributed by atoms with Crippen molar-refractivity contribution in [2.24, 2.45) is 4.99 Å². The molecule has 4 rings (SSSR count). The Morgan fingerprint density at radius 1 is 0.969 bits per heavy atom. The lowest BCUT2D eigenvalue weighted by Crippen LogP contribution is -2.23. The van der Waals surface area contributed by atoms with Crippen molar-refractivity contribution >= 4 is 27.2 Å². The molecule has 0 saturated carbocycles. The summed E-state index contributed by atoms with van der Waals surface area (Å²) in [6.07, 6.45) is 0. The number of non-ortho nitro benzene ring substituents is 1. The number of aliphatic imine (C=N–C) groups is 1. The van der Waals surface area contributed by atoms with E-state index in [2.05, 4.69) is 4.99 Å². The molecule has 3 aromatic rings. The van der Waals surface area contributed by atoms with Crippen molar-refractivity contribution in [3.8, 4) is 0 Å². The van der Waals surface area contributed by atoms with Crippen LogP contribution in [0.4, 0.5) is 5.69 Å². The maximum absolute atomic E-state index is 13.1. The standard InChI is InChI=1S/C23H18N2O6S/c1-2-31-23(26)21(15-11-13-16(14-12-15)25(27)28)24-22-17-7-3-5-9-19(17)32(29,30)20-10-6-4-8-18(20)22/h3-14,21H,2H2,1H3. The third kappa shape index (κ3) is 3.67. The van der Waals surface area contributed by atoms with Crippen molar-refractivity contribution in [3.63, 3.8) is 0 Å². The number of nitro groups is 1. The average molecular weight is 450 g/mol. The van der Waals surface area contributed by atoms with Crippen molar-refractivity contribution in [2.75, 3.05) is 6.61 Å². The zero-order valence-electron chi connectivity index (χ0n) is 17.0. The van der Waals surface area contributed by atoms with Gasteiger partial charge in [0.25, 0.3) is 5.69 Å². The Balaban J connectivity index is 1.94. The molecule has 8 nitrogen and oxygen atoms in total. The monoisotopic (exact) mass is 450 g/mol. The Morgan fingerprint density at radius 2 is 1.50 bits per heavy atom. The molecule has 0 amide bonds. The van der Waals surface area contributed by atoms with Crippen molar-refractivity contribution in [3.05, 3.63) is 99.6 Å². The molecular formula is C23H18N2O6S. The molecule has 1 heterocycles. The number of carbonyl (C=O) groups is 1. The number of ether oxygens (including phenoxy) is 1. The lowest BCUT2D eigenvalue weighted by molar-refractivity contribution is -0.384. The average Bonchev–Trinajstić information content (AvgIpc) is 2.79. The van der Waals surface area contributed by atoms with Crippen molar-refractivity contribution in [2.45, 2.75) is 22.8 Å². The topological polar surface area (TPSA) is 116 Å². The van der Waals surface area contributed by atoms with Gasteiger partial charge in [0.05, 0.1) is 27.0 Å². The smallest absolute Gasteiger partial charge is 0.335 e. The highest BCUT2D eigenvalue weighted by Crippen LogP contribution is 2.36. The second-order valence-corrected chi connectivity index (χ2v) is 8.86. The Hall–Kier alpha value is -3.85. The van der Waals surface area contributed by atoms with Gasteiger partial charge >= 0.3 is 5.97 Å². The van der Waals surface area contributed by atoms with Crippen molar-refractivity contribution in [1.82, 2.24) is 0 Å². The van der Waals surface area contributed by atoms with Gasteiger partial charge in [-0.2, -0.15) is 0 Å². The van der Waals surface area contributed by atoms with E-state index in [-0.39, 0.29) is 22.1 Å². The van der Waals surface area contributed by atoms with E-state index in [0.717, 1.165) is 0 Å². The highest BCUT2D eigenvalue weighted by molar-refractivity contribution is 7.91. The lowest BCUT2D eigenvalue weighted by atomic mass is 9.99. The fraction of sp³-hybridized carbons (Fsp3) is 0.130. The van der Waals surface area contributed by atoms with E-state index in [0.29, 0.717) is 22.4 Å². The van der Waals surface area contributed by atoms with Crippen LogP contribution in [-0.4, -0.2) is 31.6 Å². The van der Waals surface area contributed by atoms with E-state index in [1.165, 1.54) is 36.4 Å². The van der Waals surface area contributed by atoms with Gasteiger partial charge in [-0.25, -0.2) is 13.2 Å². The fourth-order valence-corrected chi connectivity index (χ4v) is 5.25. The molecule has 0 fully saturated rings. The predicted octanol–water partition coefficient (Wildman–Crippen LogP) is 3.88. The van der Waals surface area contributed by atoms with E-state index in [9.17, 15) is 23.3 Å². The summed E-state index contributed by atoms with van der Waals surface area (Å²) in [6.45, 7) is 1.78. The summed E-state index contributed by atoms with van der Waals surface area (Å²) in [7, 11) is -3.75. The number of nitro benzene ring substituents is 1. The summed E-state index contributed by atoms with van der Waals surface area (Å²) in [5.74, 6) is -0.641. The number of hydrogen-bond donors (Lipinski definition) is 0. The van der Waals surface area contributed by atoms with Gasteiger partial charge in [0.2, 0.25) is 9.84 Å². The molecule has 0 bridgehead atoms. The minimum absolute atomic E-state index is 0.101. The molecule has 9 heteroatoms. The molecule has 32 heavy (non-hydrogen) atoms. The van der Waals surface area contributed by atoms with Gasteiger partial charge < -0.3 is 4.74 Å². The van der Waals surface area contributed by atoms with Crippen LogP contribution in [-0.2, 0) is 19.4 Å². The van der Waals surface area contributed by atoms with Gasteiger partial charge in [0, 0.05) is 23.3 Å². The van der Waals surface area contributed by atoms with E-state index >= 15 is 0 Å². The van der Waals surface area contributed by atoms with Gasteiger partial charge in [-0.05, 0) is 36.8 Å². The second-order valence-electron chi connectivity index (χ2n) is 6.98. The van der Waals surface area contributed by atoms with Crippen LogP contribution in [0.2, 0.25) is 0 Å². The number of rotatable bonds is 5. The minimum Gasteiger partial charge on any atom is -0.464 e. The van der Waals surface area contributed by atoms with Gasteiger partial charge in [0.1, 0.15) is 0 Å². The maximum Gasteiger partial charge on any atom is 0.335 e. The minimum atomic E-state index is -3.75. The molecule has 3 aromatic carbocycles. The normalized spacial score (nSPS) is 14.6. The first-order chi connectivity index (χ1) is 15.3. The van der Waals surface area contributed by atoms with Crippen LogP contribution in [0.3, 0.4) is 0 Å². The third-order valence-corrected chi connectivity index (χ3v) is 6.92. The number of nitrogens with zero attached hydrogens (tertiary/aromatic N) is 2. The summed E-state index contributed by atoms with van der Waals surface area (Å²) < 4.78 is 31.4. The molecule has 0 N–H and O–H groups in total. The lowest BCUT2D eigenvalue weighted by Gasteiger charge is -2.23. The van der Waals surface area contributed by atoms with Crippen molar-refractivity contribution < 1.29 is 22.9 Å². The number of carbonyl (C=O) groups excluding carboxylic acids is 1. The highest BCUT2D eigenvalue weighted by atomic mass is 32.2. The Morgan fingerprint density at radius 3 is 2.00 bits per heavy atom. The molecule has 162 valence electrons. The summed E-state index contributed by atoms with van der Waals surface area (Å²) >= 11 is 0.